The molecule has 3 aromatic rings. The number of hydrogen-bond acceptors (Lipinski definition) is 3. The van der Waals surface area contributed by atoms with Crippen molar-refractivity contribution in [2.45, 2.75) is 0 Å². The Morgan fingerprint density at radius 1 is 1.31 bits per heavy atom. The highest BCUT2D eigenvalue weighted by atomic mass is 19.1. The number of hydrogen-bond donors (Lipinski definition) is 1. The first kappa shape index (κ1) is 9.02. The lowest BCUT2D eigenvalue weighted by molar-refractivity contribution is 0.579. The summed E-state index contributed by atoms with van der Waals surface area (Å²) in [5, 5.41) is 10.2. The Kier molecular flexibility index (Phi) is 1.76. The minimum atomic E-state index is -0.458. The van der Waals surface area contributed by atoms with E-state index in [0.29, 0.717) is 5.69 Å². The van der Waals surface area contributed by atoms with Crippen LogP contribution in [0.25, 0.3) is 22.3 Å². The van der Waals surface area contributed by atoms with Gasteiger partial charge in [0.15, 0.2) is 0 Å². The van der Waals surface area contributed by atoms with Crippen molar-refractivity contribution in [2.75, 3.05) is 0 Å². The van der Waals surface area contributed by atoms with Crippen LogP contribution in [0.2, 0.25) is 0 Å². The van der Waals surface area contributed by atoms with Crippen molar-refractivity contribution in [3.63, 3.8) is 0 Å². The summed E-state index contributed by atoms with van der Waals surface area (Å²) in [5.74, 6) is -0.458. The molecule has 3 heterocycles. The first-order valence-electron chi connectivity index (χ1n) is 4.73. The highest BCUT2D eigenvalue weighted by Crippen LogP contribution is 2.20. The van der Waals surface area contributed by atoms with Crippen LogP contribution in [0, 0.1) is 5.95 Å². The molecule has 0 fully saturated rings. The lowest BCUT2D eigenvalue weighted by atomic mass is 10.2. The largest absolute Gasteiger partial charge is 0.266 e. The van der Waals surface area contributed by atoms with E-state index in [2.05, 4.69) is 20.3 Å². The molecule has 0 aliphatic rings. The van der Waals surface area contributed by atoms with Gasteiger partial charge in [0.1, 0.15) is 5.52 Å². The van der Waals surface area contributed by atoms with E-state index in [1.807, 2.05) is 13.1 Å². The second-order valence-electron chi connectivity index (χ2n) is 3.50. The number of aryl methyl sites for hydroxylation is 1. The van der Waals surface area contributed by atoms with E-state index >= 15 is 0 Å². The molecule has 0 amide bonds. The topological polar surface area (TPSA) is 59.4 Å². The lowest BCUT2D eigenvalue weighted by Gasteiger charge is -1.97. The highest BCUT2D eigenvalue weighted by molar-refractivity contribution is 5.79. The van der Waals surface area contributed by atoms with Crippen LogP contribution in [0.4, 0.5) is 4.39 Å². The second-order valence-corrected chi connectivity index (χ2v) is 3.50. The first-order chi connectivity index (χ1) is 7.74. The second kappa shape index (κ2) is 3.13. The number of nitrogens with zero attached hydrogens (tertiary/aromatic N) is 4. The molecule has 3 aromatic heterocycles. The Morgan fingerprint density at radius 3 is 2.94 bits per heavy atom. The normalized spacial score (nSPS) is 11.1. The quantitative estimate of drug-likeness (QED) is 0.671. The Labute approximate surface area is 89.9 Å². The summed E-state index contributed by atoms with van der Waals surface area (Å²) in [6.45, 7) is 0. The fraction of sp³-hybridized carbons (Fsp3) is 0.100. The standard InChI is InChI=1S/C10H8FN5/c1-16-9-2-6(4-12-8(9)5-13-16)7-3-10(11)15-14-7/h2-5H,1H3,(H,14,15). The monoisotopic (exact) mass is 217 g/mol. The maximum absolute atomic E-state index is 12.8. The van der Waals surface area contributed by atoms with E-state index < -0.39 is 5.95 Å². The average Bonchev–Trinajstić information content (AvgIpc) is 2.86. The molecule has 6 heteroatoms. The van der Waals surface area contributed by atoms with Gasteiger partial charge in [0.2, 0.25) is 5.95 Å². The highest BCUT2D eigenvalue weighted by Gasteiger charge is 2.07. The molecule has 0 bridgehead atoms. The number of nitrogens with one attached hydrogen (secondary N) is 1. The van der Waals surface area contributed by atoms with Crippen molar-refractivity contribution >= 4 is 11.0 Å². The summed E-state index contributed by atoms with van der Waals surface area (Å²) in [6.07, 6.45) is 3.34. The molecule has 0 radical (unpaired) electrons. The average molecular weight is 217 g/mol. The van der Waals surface area contributed by atoms with Crippen LogP contribution >= 0.6 is 0 Å². The van der Waals surface area contributed by atoms with Gasteiger partial charge in [-0.25, -0.2) is 0 Å². The van der Waals surface area contributed by atoms with Gasteiger partial charge in [0, 0.05) is 24.9 Å². The van der Waals surface area contributed by atoms with Crippen molar-refractivity contribution in [1.29, 1.82) is 0 Å². The number of pyridine rings is 1. The van der Waals surface area contributed by atoms with E-state index in [1.165, 1.54) is 6.07 Å². The van der Waals surface area contributed by atoms with Crippen LogP contribution in [0.5, 0.6) is 0 Å². The predicted octanol–water partition coefficient (Wildman–Crippen LogP) is 1.50. The molecule has 0 saturated heterocycles. The maximum atomic E-state index is 12.8. The minimum absolute atomic E-state index is 0.458. The summed E-state index contributed by atoms with van der Waals surface area (Å²) < 4.78 is 14.5. The third-order valence-corrected chi connectivity index (χ3v) is 2.44. The third-order valence-electron chi connectivity index (χ3n) is 2.44. The molecule has 3 rings (SSSR count). The van der Waals surface area contributed by atoms with Crippen LogP contribution < -0.4 is 0 Å². The number of rotatable bonds is 1. The molecular weight excluding hydrogens is 209 g/mol. The summed E-state index contributed by atoms with van der Waals surface area (Å²) in [7, 11) is 1.83. The number of fused-ring (bicyclic) bond motifs is 1. The Hall–Kier alpha value is -2.24. The smallest absolute Gasteiger partial charge is 0.209 e. The van der Waals surface area contributed by atoms with Gasteiger partial charge in [-0.05, 0) is 6.07 Å². The number of halogens is 1. The molecule has 1 N–H and O–H groups in total. The van der Waals surface area contributed by atoms with E-state index in [1.54, 1.807) is 17.1 Å². The fourth-order valence-electron chi connectivity index (χ4n) is 1.61. The molecule has 0 aliphatic heterocycles. The van der Waals surface area contributed by atoms with E-state index in [4.69, 9.17) is 0 Å². The zero-order valence-electron chi connectivity index (χ0n) is 8.48. The Balaban J connectivity index is 2.21. The number of aromatic nitrogens is 5. The van der Waals surface area contributed by atoms with Crippen molar-refractivity contribution in [1.82, 2.24) is 25.0 Å². The van der Waals surface area contributed by atoms with Crippen molar-refractivity contribution in [3.05, 3.63) is 30.5 Å². The summed E-state index contributed by atoms with van der Waals surface area (Å²) in [5.41, 5.74) is 2.99. The molecule has 0 aromatic carbocycles. The molecule has 0 saturated carbocycles. The van der Waals surface area contributed by atoms with Gasteiger partial charge < -0.3 is 0 Å². The van der Waals surface area contributed by atoms with E-state index in [0.717, 1.165) is 16.6 Å². The van der Waals surface area contributed by atoms with Gasteiger partial charge in [-0.3, -0.25) is 14.8 Å². The summed E-state index contributed by atoms with van der Waals surface area (Å²) in [4.78, 5) is 4.23. The van der Waals surface area contributed by atoms with Gasteiger partial charge in [0.05, 0.1) is 17.4 Å². The van der Waals surface area contributed by atoms with Crippen LogP contribution in [0.1, 0.15) is 0 Å². The Morgan fingerprint density at radius 2 is 2.19 bits per heavy atom. The zero-order chi connectivity index (χ0) is 11.1. The molecule has 0 spiro atoms. The van der Waals surface area contributed by atoms with Crippen molar-refractivity contribution < 1.29 is 4.39 Å². The van der Waals surface area contributed by atoms with Gasteiger partial charge in [-0.2, -0.15) is 14.6 Å². The van der Waals surface area contributed by atoms with Gasteiger partial charge in [-0.1, -0.05) is 0 Å². The zero-order valence-corrected chi connectivity index (χ0v) is 8.48. The SMILES string of the molecule is Cn1ncc2ncc(-c3cc(F)[nH]n3)cc21. The maximum Gasteiger partial charge on any atom is 0.209 e. The first-order valence-corrected chi connectivity index (χ1v) is 4.73. The fourth-order valence-corrected chi connectivity index (χ4v) is 1.61. The number of H-pyrrole nitrogens is 1. The van der Waals surface area contributed by atoms with Gasteiger partial charge in [0.25, 0.3) is 0 Å². The minimum Gasteiger partial charge on any atom is -0.266 e. The van der Waals surface area contributed by atoms with Crippen molar-refractivity contribution in [2.24, 2.45) is 7.05 Å². The molecule has 16 heavy (non-hydrogen) atoms. The molecule has 80 valence electrons. The van der Waals surface area contributed by atoms with Crippen LogP contribution in [0.3, 0.4) is 0 Å². The Bertz CT molecular complexity index is 654. The molecule has 0 aliphatic carbocycles. The molecule has 0 atom stereocenters. The van der Waals surface area contributed by atoms with Crippen molar-refractivity contribution in [3.8, 4) is 11.3 Å². The van der Waals surface area contributed by atoms with Gasteiger partial charge >= 0.3 is 0 Å². The summed E-state index contributed by atoms with van der Waals surface area (Å²) >= 11 is 0. The number of aromatic amines is 1. The molecule has 5 nitrogen and oxygen atoms in total. The van der Waals surface area contributed by atoms with Gasteiger partial charge in [-0.15, -0.1) is 0 Å². The lowest BCUT2D eigenvalue weighted by Crippen LogP contribution is -1.90. The van der Waals surface area contributed by atoms with Crippen LogP contribution in [-0.2, 0) is 7.05 Å². The predicted molar refractivity (Wildman–Crippen MR) is 56.0 cm³/mol. The van der Waals surface area contributed by atoms with E-state index in [-0.39, 0.29) is 0 Å². The summed E-state index contributed by atoms with van der Waals surface area (Å²) in [6, 6.07) is 3.21. The molecular formula is C10H8FN5. The van der Waals surface area contributed by atoms with Crippen LogP contribution in [0.15, 0.2) is 24.5 Å². The third kappa shape index (κ3) is 1.27. The molecule has 0 unspecified atom stereocenters. The van der Waals surface area contributed by atoms with Crippen LogP contribution in [-0.4, -0.2) is 25.0 Å². The van der Waals surface area contributed by atoms with E-state index in [9.17, 15) is 4.39 Å².